The zero-order valence-corrected chi connectivity index (χ0v) is 9.45. The normalized spacial score (nSPS) is 10.2. The number of hydrogen-bond acceptors (Lipinski definition) is 4. The molecule has 6 nitrogen and oxygen atoms in total. The Kier molecular flexibility index (Phi) is 2.78. The van der Waals surface area contributed by atoms with Crippen LogP contribution in [0.25, 0.3) is 5.69 Å². The number of ether oxygens (including phenoxy) is 1. The van der Waals surface area contributed by atoms with Gasteiger partial charge in [0.25, 0.3) is 5.69 Å². The first kappa shape index (κ1) is 11.1. The zero-order valence-electron chi connectivity index (χ0n) is 9.45. The molecule has 0 bridgehead atoms. The molecule has 0 amide bonds. The fraction of sp³-hybridized carbons (Fsp3) is 0.182. The molecule has 0 spiro atoms. The van der Waals surface area contributed by atoms with Crippen molar-refractivity contribution >= 4 is 5.69 Å². The molecular weight excluding hydrogens is 222 g/mol. The van der Waals surface area contributed by atoms with Gasteiger partial charge in [0, 0.05) is 18.5 Å². The molecule has 0 aliphatic rings. The molecule has 1 aromatic heterocycles. The van der Waals surface area contributed by atoms with E-state index in [1.54, 1.807) is 18.5 Å². The Labute approximate surface area is 97.6 Å². The van der Waals surface area contributed by atoms with Crippen LogP contribution >= 0.6 is 0 Å². The van der Waals surface area contributed by atoms with E-state index in [-0.39, 0.29) is 5.69 Å². The summed E-state index contributed by atoms with van der Waals surface area (Å²) in [7, 11) is 1.48. The highest BCUT2D eigenvalue weighted by Crippen LogP contribution is 2.28. The van der Waals surface area contributed by atoms with Crippen molar-refractivity contribution in [3.63, 3.8) is 0 Å². The Morgan fingerprint density at radius 2 is 2.24 bits per heavy atom. The summed E-state index contributed by atoms with van der Waals surface area (Å²) in [4.78, 5) is 14.3. The number of nitro groups is 1. The van der Waals surface area contributed by atoms with Crippen LogP contribution in [0.5, 0.6) is 5.75 Å². The maximum absolute atomic E-state index is 10.7. The van der Waals surface area contributed by atoms with Gasteiger partial charge in [0.15, 0.2) is 0 Å². The van der Waals surface area contributed by atoms with Gasteiger partial charge in [-0.1, -0.05) is 0 Å². The minimum atomic E-state index is -0.451. The van der Waals surface area contributed by atoms with Gasteiger partial charge in [0.2, 0.25) is 0 Å². The van der Waals surface area contributed by atoms with E-state index in [1.165, 1.54) is 19.2 Å². The second kappa shape index (κ2) is 4.25. The molecule has 0 fully saturated rings. The van der Waals surface area contributed by atoms with Crippen molar-refractivity contribution in [2.75, 3.05) is 7.11 Å². The summed E-state index contributed by atoms with van der Waals surface area (Å²) in [6.45, 7) is 1.85. The van der Waals surface area contributed by atoms with E-state index in [4.69, 9.17) is 4.74 Å². The van der Waals surface area contributed by atoms with E-state index in [9.17, 15) is 10.1 Å². The second-order valence-electron chi connectivity index (χ2n) is 3.46. The number of non-ortho nitro benzene ring substituents is 1. The number of rotatable bonds is 3. The first-order chi connectivity index (χ1) is 8.13. The molecule has 0 unspecified atom stereocenters. The largest absolute Gasteiger partial charge is 0.494 e. The summed E-state index contributed by atoms with van der Waals surface area (Å²) in [5.74, 6) is 1.23. The number of hydrogen-bond donors (Lipinski definition) is 0. The van der Waals surface area contributed by atoms with Crippen LogP contribution in [0.15, 0.2) is 30.6 Å². The van der Waals surface area contributed by atoms with Gasteiger partial charge in [0.1, 0.15) is 11.6 Å². The summed E-state index contributed by atoms with van der Waals surface area (Å²) in [6.07, 6.45) is 3.44. The molecular formula is C11H11N3O3. The predicted molar refractivity (Wildman–Crippen MR) is 61.5 cm³/mol. The topological polar surface area (TPSA) is 70.2 Å². The lowest BCUT2D eigenvalue weighted by Gasteiger charge is -2.10. The van der Waals surface area contributed by atoms with Crippen molar-refractivity contribution in [3.8, 4) is 11.4 Å². The highest BCUT2D eigenvalue weighted by Gasteiger charge is 2.13. The molecule has 2 aromatic rings. The third-order valence-electron chi connectivity index (χ3n) is 2.46. The van der Waals surface area contributed by atoms with Gasteiger partial charge in [0.05, 0.1) is 23.8 Å². The van der Waals surface area contributed by atoms with Crippen molar-refractivity contribution in [2.45, 2.75) is 6.92 Å². The lowest BCUT2D eigenvalue weighted by Crippen LogP contribution is -2.00. The second-order valence-corrected chi connectivity index (χ2v) is 3.46. The Morgan fingerprint density at radius 3 is 2.76 bits per heavy atom. The highest BCUT2D eigenvalue weighted by molar-refractivity contribution is 5.53. The van der Waals surface area contributed by atoms with Gasteiger partial charge >= 0.3 is 0 Å². The van der Waals surface area contributed by atoms with Crippen molar-refractivity contribution in [1.82, 2.24) is 9.55 Å². The summed E-state index contributed by atoms with van der Waals surface area (Å²) in [5.41, 5.74) is 0.733. The average Bonchev–Trinajstić information content (AvgIpc) is 2.74. The standard InChI is InChI=1S/C11H11N3O3/c1-8-12-5-6-13(8)10-4-3-9(14(15)16)7-11(10)17-2/h3-7H,1-2H3. The van der Waals surface area contributed by atoms with Gasteiger partial charge in [-0.15, -0.1) is 0 Å². The molecule has 88 valence electrons. The van der Waals surface area contributed by atoms with Crippen LogP contribution in [-0.4, -0.2) is 21.6 Å². The van der Waals surface area contributed by atoms with Gasteiger partial charge in [-0.05, 0) is 13.0 Å². The number of nitro benzene ring substituents is 1. The predicted octanol–water partition coefficient (Wildman–Crippen LogP) is 2.10. The summed E-state index contributed by atoms with van der Waals surface area (Å²) < 4.78 is 6.97. The molecule has 0 radical (unpaired) electrons. The van der Waals surface area contributed by atoms with Crippen LogP contribution in [0.1, 0.15) is 5.82 Å². The quantitative estimate of drug-likeness (QED) is 0.601. The number of aryl methyl sites for hydroxylation is 1. The number of benzene rings is 1. The molecule has 1 aromatic carbocycles. The van der Waals surface area contributed by atoms with E-state index in [0.717, 1.165) is 11.5 Å². The third kappa shape index (κ3) is 1.96. The number of methoxy groups -OCH3 is 1. The molecule has 0 atom stereocenters. The number of aromatic nitrogens is 2. The van der Waals surface area contributed by atoms with Gasteiger partial charge in [-0.2, -0.15) is 0 Å². The van der Waals surface area contributed by atoms with Crippen LogP contribution in [-0.2, 0) is 0 Å². The van der Waals surface area contributed by atoms with E-state index < -0.39 is 4.92 Å². The number of nitrogens with zero attached hydrogens (tertiary/aromatic N) is 3. The van der Waals surface area contributed by atoms with Crippen LogP contribution in [0, 0.1) is 17.0 Å². The van der Waals surface area contributed by atoms with Gasteiger partial charge < -0.3 is 9.30 Å². The first-order valence-electron chi connectivity index (χ1n) is 4.96. The Bertz CT molecular complexity index is 563. The molecule has 17 heavy (non-hydrogen) atoms. The fourth-order valence-corrected chi connectivity index (χ4v) is 1.61. The fourth-order valence-electron chi connectivity index (χ4n) is 1.61. The van der Waals surface area contributed by atoms with Crippen LogP contribution in [0.4, 0.5) is 5.69 Å². The first-order valence-corrected chi connectivity index (χ1v) is 4.96. The lowest BCUT2D eigenvalue weighted by atomic mass is 10.2. The van der Waals surface area contributed by atoms with Crippen LogP contribution in [0.2, 0.25) is 0 Å². The summed E-state index contributed by atoms with van der Waals surface area (Å²) >= 11 is 0. The zero-order chi connectivity index (χ0) is 12.4. The van der Waals surface area contributed by atoms with Crippen molar-refractivity contribution in [3.05, 3.63) is 46.5 Å². The molecule has 0 N–H and O–H groups in total. The molecule has 2 rings (SSSR count). The number of imidazole rings is 1. The molecule has 1 heterocycles. The van der Waals surface area contributed by atoms with Crippen molar-refractivity contribution in [1.29, 1.82) is 0 Å². The molecule has 0 saturated carbocycles. The van der Waals surface area contributed by atoms with Crippen LogP contribution in [0.3, 0.4) is 0 Å². The Morgan fingerprint density at radius 1 is 1.47 bits per heavy atom. The van der Waals surface area contributed by atoms with E-state index in [2.05, 4.69) is 4.98 Å². The minimum absolute atomic E-state index is 0.00312. The molecule has 0 aliphatic heterocycles. The summed E-state index contributed by atoms with van der Waals surface area (Å²) in [6, 6.07) is 4.48. The Balaban J connectivity index is 2.56. The van der Waals surface area contributed by atoms with Gasteiger partial charge in [-0.25, -0.2) is 4.98 Å². The summed E-state index contributed by atoms with van der Waals surface area (Å²) in [5, 5.41) is 10.7. The van der Waals surface area contributed by atoms with Crippen molar-refractivity contribution < 1.29 is 9.66 Å². The smallest absolute Gasteiger partial charge is 0.273 e. The highest BCUT2D eigenvalue weighted by atomic mass is 16.6. The van der Waals surface area contributed by atoms with E-state index >= 15 is 0 Å². The van der Waals surface area contributed by atoms with Gasteiger partial charge in [-0.3, -0.25) is 10.1 Å². The van der Waals surface area contributed by atoms with Crippen LogP contribution < -0.4 is 4.74 Å². The monoisotopic (exact) mass is 233 g/mol. The molecule has 0 saturated heterocycles. The Hall–Kier alpha value is -2.37. The van der Waals surface area contributed by atoms with E-state index in [0.29, 0.717) is 5.75 Å². The molecule has 6 heteroatoms. The third-order valence-corrected chi connectivity index (χ3v) is 2.46. The lowest BCUT2D eigenvalue weighted by molar-refractivity contribution is -0.384. The SMILES string of the molecule is COc1cc([N+](=O)[O-])ccc1-n1ccnc1C. The maximum atomic E-state index is 10.7. The van der Waals surface area contributed by atoms with E-state index in [1.807, 2.05) is 11.5 Å². The maximum Gasteiger partial charge on any atom is 0.273 e. The minimum Gasteiger partial charge on any atom is -0.494 e. The van der Waals surface area contributed by atoms with Crippen molar-refractivity contribution in [2.24, 2.45) is 0 Å². The average molecular weight is 233 g/mol. The molecule has 0 aliphatic carbocycles.